The first-order chi connectivity index (χ1) is 10.9. The number of hydrogen-bond acceptors (Lipinski definition) is 4. The minimum atomic E-state index is -3.71. The Balaban J connectivity index is 1.81. The van der Waals surface area contributed by atoms with Crippen molar-refractivity contribution in [1.29, 1.82) is 0 Å². The second-order valence-corrected chi connectivity index (χ2v) is 7.36. The molecule has 0 saturated heterocycles. The van der Waals surface area contributed by atoms with E-state index in [1.807, 2.05) is 12.1 Å². The van der Waals surface area contributed by atoms with E-state index in [4.69, 9.17) is 9.88 Å². The number of ether oxygens (including phenoxy) is 1. The smallest absolute Gasteiger partial charge is 0.178 e. The molecule has 0 spiro atoms. The van der Waals surface area contributed by atoms with Gasteiger partial charge in [-0.1, -0.05) is 28.5 Å². The summed E-state index contributed by atoms with van der Waals surface area (Å²) < 4.78 is 28.6. The molecule has 122 valence electrons. The van der Waals surface area contributed by atoms with Crippen molar-refractivity contribution in [2.45, 2.75) is 24.9 Å². The average Bonchev–Trinajstić information content (AvgIpc) is 2.69. The Morgan fingerprint density at radius 2 is 2.09 bits per heavy atom. The van der Waals surface area contributed by atoms with Crippen molar-refractivity contribution in [3.63, 3.8) is 0 Å². The van der Waals surface area contributed by atoms with E-state index in [0.717, 1.165) is 18.7 Å². The Bertz CT molecular complexity index is 757. The zero-order valence-corrected chi connectivity index (χ0v) is 13.8. The number of sulfonamides is 1. The van der Waals surface area contributed by atoms with Crippen LogP contribution in [0.1, 0.15) is 16.7 Å². The van der Waals surface area contributed by atoms with Crippen LogP contribution in [0.4, 0.5) is 0 Å². The number of nitrogens with zero attached hydrogens (tertiary/aromatic N) is 1. The van der Waals surface area contributed by atoms with Crippen molar-refractivity contribution in [2.24, 2.45) is 5.14 Å². The van der Waals surface area contributed by atoms with E-state index in [-0.39, 0.29) is 4.90 Å². The van der Waals surface area contributed by atoms with Crippen molar-refractivity contribution < 1.29 is 13.5 Å². The van der Waals surface area contributed by atoms with Gasteiger partial charge < -0.3 is 9.29 Å². The maximum Gasteiger partial charge on any atom is 0.178 e. The molecule has 1 heterocycles. The van der Waals surface area contributed by atoms with Gasteiger partial charge in [0.1, 0.15) is 12.4 Å². The SMILES string of the molecule is Cc1ccccc1CN1CCOc2cc([S+](N)(=O)[O-])ccc2C1. The van der Waals surface area contributed by atoms with Gasteiger partial charge in [-0.05, 0) is 30.2 Å². The summed E-state index contributed by atoms with van der Waals surface area (Å²) in [4.78, 5) is 2.38. The standard InChI is InChI=1S/C17H20N2O3S/c1-13-4-2-3-5-14(13)11-19-8-9-22-17-10-16(23(18,20)21)7-6-15(17)12-19/h2-7,10H,8-9,11-12H2,1H3,(H2-,18,20,21). The average molecular weight is 332 g/mol. The lowest BCUT2D eigenvalue weighted by molar-refractivity contribution is 0.219. The van der Waals surface area contributed by atoms with Crippen LogP contribution in [0.3, 0.4) is 0 Å². The Morgan fingerprint density at radius 3 is 2.83 bits per heavy atom. The van der Waals surface area contributed by atoms with Crippen LogP contribution in [0.5, 0.6) is 5.75 Å². The van der Waals surface area contributed by atoms with Crippen molar-refractivity contribution in [1.82, 2.24) is 4.90 Å². The summed E-state index contributed by atoms with van der Waals surface area (Å²) in [5.74, 6) is 0.601. The third kappa shape index (κ3) is 3.79. The number of aryl methyl sites for hydroxylation is 1. The monoisotopic (exact) mass is 332 g/mol. The summed E-state index contributed by atoms with van der Waals surface area (Å²) in [5.41, 5.74) is 3.53. The lowest BCUT2D eigenvalue weighted by atomic mass is 10.1. The van der Waals surface area contributed by atoms with Crippen LogP contribution < -0.4 is 9.88 Å². The summed E-state index contributed by atoms with van der Waals surface area (Å²) in [6.07, 6.45) is 0. The first-order valence-electron chi connectivity index (χ1n) is 7.49. The van der Waals surface area contributed by atoms with Crippen LogP contribution in [-0.2, 0) is 27.7 Å². The molecule has 1 aliphatic rings. The number of benzene rings is 2. The fraction of sp³-hybridized carbons (Fsp3) is 0.294. The highest BCUT2D eigenvalue weighted by molar-refractivity contribution is 7.95. The molecule has 0 aliphatic carbocycles. The minimum Gasteiger partial charge on any atom is -0.593 e. The summed E-state index contributed by atoms with van der Waals surface area (Å²) in [6.45, 7) is 4.97. The third-order valence-electron chi connectivity index (χ3n) is 4.08. The van der Waals surface area contributed by atoms with E-state index < -0.39 is 10.4 Å². The predicted octanol–water partition coefficient (Wildman–Crippen LogP) is 2.25. The predicted molar refractivity (Wildman–Crippen MR) is 88.5 cm³/mol. The Hall–Kier alpha value is -1.73. The number of rotatable bonds is 3. The second-order valence-electron chi connectivity index (χ2n) is 5.80. The van der Waals surface area contributed by atoms with Crippen LogP contribution >= 0.6 is 0 Å². The normalized spacial score (nSPS) is 17.7. The first-order valence-corrected chi connectivity index (χ1v) is 9.03. The van der Waals surface area contributed by atoms with Crippen molar-refractivity contribution in [2.75, 3.05) is 13.2 Å². The van der Waals surface area contributed by atoms with Gasteiger partial charge in [0.05, 0.1) is 0 Å². The number of nitrogens with two attached hydrogens (primary N) is 1. The quantitative estimate of drug-likeness (QED) is 0.875. The van der Waals surface area contributed by atoms with Crippen LogP contribution in [0.2, 0.25) is 0 Å². The Kier molecular flexibility index (Phi) is 4.50. The topological polar surface area (TPSA) is 78.6 Å². The molecule has 6 heteroatoms. The molecule has 0 radical (unpaired) electrons. The van der Waals surface area contributed by atoms with E-state index in [9.17, 15) is 8.76 Å². The van der Waals surface area contributed by atoms with E-state index in [2.05, 4.69) is 24.0 Å². The van der Waals surface area contributed by atoms with Crippen LogP contribution in [-0.4, -0.2) is 22.6 Å². The number of fused-ring (bicyclic) bond motifs is 1. The van der Waals surface area contributed by atoms with Gasteiger partial charge in [0, 0.05) is 31.3 Å². The van der Waals surface area contributed by atoms with Gasteiger partial charge in [0.15, 0.2) is 15.3 Å². The van der Waals surface area contributed by atoms with E-state index in [1.165, 1.54) is 23.3 Å². The fourth-order valence-electron chi connectivity index (χ4n) is 2.74. The largest absolute Gasteiger partial charge is 0.593 e. The molecule has 1 unspecified atom stereocenters. The van der Waals surface area contributed by atoms with Crippen LogP contribution in [0.15, 0.2) is 47.4 Å². The van der Waals surface area contributed by atoms with Gasteiger partial charge in [-0.2, -0.15) is 0 Å². The number of hydrogen-bond donors (Lipinski definition) is 1. The highest BCUT2D eigenvalue weighted by Gasteiger charge is 2.21. The lowest BCUT2D eigenvalue weighted by Crippen LogP contribution is -2.25. The highest BCUT2D eigenvalue weighted by atomic mass is 32.3. The highest BCUT2D eigenvalue weighted by Crippen LogP contribution is 2.28. The van der Waals surface area contributed by atoms with E-state index in [0.29, 0.717) is 18.9 Å². The van der Waals surface area contributed by atoms with E-state index >= 15 is 0 Å². The number of primary sulfonamides is 1. The van der Waals surface area contributed by atoms with Gasteiger partial charge in [0.25, 0.3) is 0 Å². The summed E-state index contributed by atoms with van der Waals surface area (Å²) in [6, 6.07) is 13.2. The first kappa shape index (κ1) is 16.1. The summed E-state index contributed by atoms with van der Waals surface area (Å²) in [5, 5.41) is 5.18. The molecule has 0 bridgehead atoms. The molecule has 0 saturated carbocycles. The van der Waals surface area contributed by atoms with Crippen molar-refractivity contribution in [3.8, 4) is 5.75 Å². The van der Waals surface area contributed by atoms with Gasteiger partial charge in [0.2, 0.25) is 0 Å². The Labute approximate surface area is 137 Å². The van der Waals surface area contributed by atoms with Gasteiger partial charge in [-0.25, -0.2) is 0 Å². The molecule has 2 aromatic carbocycles. The minimum absolute atomic E-state index is 0.0867. The molecule has 1 atom stereocenters. The van der Waals surface area contributed by atoms with Crippen LogP contribution in [0, 0.1) is 6.92 Å². The molecule has 2 N–H and O–H groups in total. The second kappa shape index (κ2) is 6.41. The van der Waals surface area contributed by atoms with Gasteiger partial charge in [-0.3, -0.25) is 4.90 Å². The van der Waals surface area contributed by atoms with E-state index in [1.54, 1.807) is 6.07 Å². The summed E-state index contributed by atoms with van der Waals surface area (Å²) >= 11 is 0. The summed E-state index contributed by atoms with van der Waals surface area (Å²) in [7, 11) is -3.71. The van der Waals surface area contributed by atoms with Gasteiger partial charge in [-0.15, -0.1) is 5.14 Å². The Morgan fingerprint density at radius 1 is 1.30 bits per heavy atom. The third-order valence-corrected chi connectivity index (χ3v) is 4.99. The molecule has 2 aromatic rings. The lowest BCUT2D eigenvalue weighted by Gasteiger charge is -2.20. The maximum atomic E-state index is 11.5. The molecule has 0 amide bonds. The van der Waals surface area contributed by atoms with Crippen LogP contribution in [0.25, 0.3) is 0 Å². The fourth-order valence-corrected chi connectivity index (χ4v) is 3.27. The molecular formula is C17H20N2O3S. The zero-order chi connectivity index (χ0) is 16.4. The zero-order valence-electron chi connectivity index (χ0n) is 13.0. The molecule has 1 aliphatic heterocycles. The molecule has 23 heavy (non-hydrogen) atoms. The van der Waals surface area contributed by atoms with Gasteiger partial charge >= 0.3 is 0 Å². The molecular weight excluding hydrogens is 312 g/mol. The van der Waals surface area contributed by atoms with Crippen molar-refractivity contribution >= 4 is 10.4 Å². The van der Waals surface area contributed by atoms with Crippen molar-refractivity contribution in [3.05, 3.63) is 59.2 Å². The molecule has 0 aromatic heterocycles. The molecule has 0 fully saturated rings. The molecule has 3 rings (SSSR count). The maximum absolute atomic E-state index is 11.5. The molecule has 5 nitrogen and oxygen atoms in total.